The fourth-order valence-electron chi connectivity index (χ4n) is 3.83. The lowest BCUT2D eigenvalue weighted by atomic mass is 9.91. The van der Waals surface area contributed by atoms with E-state index >= 15 is 0 Å². The van der Waals surface area contributed by atoms with E-state index in [9.17, 15) is 18.7 Å². The molecule has 29 heavy (non-hydrogen) atoms. The molecule has 0 amide bonds. The number of aliphatic carboxylic acids is 1. The Kier molecular flexibility index (Phi) is 5.90. The number of piperidine rings is 1. The molecule has 0 bridgehead atoms. The Hall–Kier alpha value is -2.52. The highest BCUT2D eigenvalue weighted by Crippen LogP contribution is 2.59. The summed E-state index contributed by atoms with van der Waals surface area (Å²) in [6.07, 6.45) is 3.07. The minimum atomic E-state index is -0.758. The first-order valence-corrected chi connectivity index (χ1v) is 9.33. The first-order chi connectivity index (χ1) is 13.4. The van der Waals surface area contributed by atoms with Crippen molar-refractivity contribution in [3.8, 4) is 6.01 Å². The summed E-state index contributed by atoms with van der Waals surface area (Å²) in [5.41, 5.74) is 0.129. The van der Waals surface area contributed by atoms with Crippen molar-refractivity contribution in [1.82, 2.24) is 16.1 Å². The van der Waals surface area contributed by atoms with Gasteiger partial charge in [0, 0.05) is 23.7 Å². The number of aromatic nitrogens is 2. The van der Waals surface area contributed by atoms with Gasteiger partial charge in [-0.1, -0.05) is 17.7 Å². The van der Waals surface area contributed by atoms with Crippen molar-refractivity contribution in [3.63, 3.8) is 0 Å². The average Bonchev–Trinajstić information content (AvgIpc) is 3.37. The van der Waals surface area contributed by atoms with E-state index in [2.05, 4.69) is 9.97 Å². The quantitative estimate of drug-likeness (QED) is 0.747. The van der Waals surface area contributed by atoms with Gasteiger partial charge >= 0.3 is 12.0 Å². The van der Waals surface area contributed by atoms with Crippen LogP contribution in [0.25, 0.3) is 0 Å². The zero-order valence-electron chi connectivity index (χ0n) is 15.6. The number of halogens is 3. The summed E-state index contributed by atoms with van der Waals surface area (Å²) in [4.78, 5) is 20.9. The molecule has 1 aliphatic heterocycles. The van der Waals surface area contributed by atoms with Gasteiger partial charge in [-0.25, -0.2) is 13.8 Å². The molecule has 1 aromatic heterocycles. The van der Waals surface area contributed by atoms with Crippen LogP contribution in [0.3, 0.4) is 0 Å². The Morgan fingerprint density at radius 3 is 2.66 bits per heavy atom. The number of ether oxygens (including phenoxy) is 1. The van der Waals surface area contributed by atoms with Gasteiger partial charge in [0.05, 0.1) is 12.1 Å². The van der Waals surface area contributed by atoms with Gasteiger partial charge < -0.3 is 20.9 Å². The smallest absolute Gasteiger partial charge is 0.318 e. The highest BCUT2D eigenvalue weighted by Gasteiger charge is 2.59. The maximum Gasteiger partial charge on any atom is 0.318 e. The molecule has 7 nitrogen and oxygen atoms in total. The fourth-order valence-corrected chi connectivity index (χ4v) is 3.99. The zero-order chi connectivity index (χ0) is 19.9. The second-order valence-corrected chi connectivity index (χ2v) is 7.73. The molecule has 1 spiro atoms. The third-order valence-electron chi connectivity index (χ3n) is 5.62. The Morgan fingerprint density at radius 1 is 1.31 bits per heavy atom. The van der Waals surface area contributed by atoms with E-state index in [4.69, 9.17) is 16.3 Å². The number of anilines is 1. The van der Waals surface area contributed by atoms with Crippen molar-refractivity contribution >= 4 is 23.4 Å². The van der Waals surface area contributed by atoms with Gasteiger partial charge in [-0.05, 0) is 36.8 Å². The number of hydrogen-bond donors (Lipinski definition) is 2. The van der Waals surface area contributed by atoms with Crippen LogP contribution in [-0.2, 0) is 11.4 Å². The molecule has 2 heterocycles. The number of benzene rings is 1. The molecule has 0 radical (unpaired) electrons. The lowest BCUT2D eigenvalue weighted by Crippen LogP contribution is -2.37. The summed E-state index contributed by atoms with van der Waals surface area (Å²) in [7, 11) is 0. The highest BCUT2D eigenvalue weighted by atomic mass is 35.5. The minimum absolute atomic E-state index is 0. The van der Waals surface area contributed by atoms with Gasteiger partial charge in [-0.3, -0.25) is 4.79 Å². The van der Waals surface area contributed by atoms with E-state index in [-0.39, 0.29) is 46.5 Å². The molecular formula is C19H21ClF2N4O3. The molecular weight excluding hydrogens is 406 g/mol. The molecule has 2 aliphatic rings. The third kappa shape index (κ3) is 4.25. The first-order valence-electron chi connectivity index (χ1n) is 8.95. The predicted molar refractivity (Wildman–Crippen MR) is 102 cm³/mol. The van der Waals surface area contributed by atoms with Crippen molar-refractivity contribution in [1.29, 1.82) is 0 Å². The van der Waals surface area contributed by atoms with Crippen LogP contribution in [0.2, 0.25) is 5.02 Å². The topological polar surface area (TPSA) is 111 Å². The van der Waals surface area contributed by atoms with E-state index in [0.29, 0.717) is 32.4 Å². The van der Waals surface area contributed by atoms with Crippen LogP contribution in [-0.4, -0.2) is 34.1 Å². The number of carboxylic acids is 1. The monoisotopic (exact) mass is 426 g/mol. The van der Waals surface area contributed by atoms with Gasteiger partial charge in [0.1, 0.15) is 12.4 Å². The van der Waals surface area contributed by atoms with Gasteiger partial charge in [0.15, 0.2) is 11.6 Å². The molecule has 1 saturated carbocycles. The predicted octanol–water partition coefficient (Wildman–Crippen LogP) is 3.84. The number of nitrogens with zero attached hydrogens (tertiary/aromatic N) is 3. The van der Waals surface area contributed by atoms with E-state index in [1.807, 2.05) is 0 Å². The lowest BCUT2D eigenvalue weighted by molar-refractivity contribution is -0.139. The molecule has 10 heteroatoms. The summed E-state index contributed by atoms with van der Waals surface area (Å²) in [5.74, 6) is -2.02. The third-order valence-corrected chi connectivity index (χ3v) is 5.86. The Balaban J connectivity index is 0.00000240. The average molecular weight is 427 g/mol. The lowest BCUT2D eigenvalue weighted by Gasteiger charge is -2.33. The van der Waals surface area contributed by atoms with Crippen LogP contribution < -0.4 is 15.8 Å². The molecule has 2 aromatic rings. The molecule has 1 atom stereocenters. The van der Waals surface area contributed by atoms with Gasteiger partial charge in [-0.2, -0.15) is 4.98 Å². The second kappa shape index (κ2) is 8.08. The Morgan fingerprint density at radius 2 is 2.03 bits per heavy atom. The van der Waals surface area contributed by atoms with Crippen LogP contribution >= 0.6 is 11.6 Å². The standard InChI is InChI=1S/C19H18ClF2N3O3.H3N/c20-12-2-1-11(14(21)7-12)10-28-18-23-9-15(22)16(24-18)25-5-3-19(4-6-25)8-13(19)17(26)27;/h1-2,7,9,13H,3-6,8,10H2,(H,26,27);1H3. The van der Waals surface area contributed by atoms with Crippen molar-refractivity contribution in [2.75, 3.05) is 18.0 Å². The molecule has 156 valence electrons. The van der Waals surface area contributed by atoms with E-state index in [1.165, 1.54) is 12.1 Å². The second-order valence-electron chi connectivity index (χ2n) is 7.29. The van der Waals surface area contributed by atoms with Crippen LogP contribution in [0, 0.1) is 23.0 Å². The number of hydrogen-bond acceptors (Lipinski definition) is 6. The summed E-state index contributed by atoms with van der Waals surface area (Å²) >= 11 is 5.72. The zero-order valence-corrected chi connectivity index (χ0v) is 16.3. The van der Waals surface area contributed by atoms with Crippen LogP contribution in [0.4, 0.5) is 14.6 Å². The normalized spacial score (nSPS) is 19.6. The summed E-state index contributed by atoms with van der Waals surface area (Å²) in [5, 5.41) is 9.46. The van der Waals surface area contributed by atoms with E-state index in [0.717, 1.165) is 6.20 Å². The van der Waals surface area contributed by atoms with Gasteiger partial charge in [0.2, 0.25) is 0 Å². The van der Waals surface area contributed by atoms with Crippen LogP contribution in [0.1, 0.15) is 24.8 Å². The van der Waals surface area contributed by atoms with Gasteiger partial charge in [-0.15, -0.1) is 0 Å². The van der Waals surface area contributed by atoms with Crippen LogP contribution in [0.5, 0.6) is 6.01 Å². The molecule has 4 N–H and O–H groups in total. The SMILES string of the molecule is N.O=C(O)C1CC12CCN(c1nc(OCc3ccc(Cl)cc3F)ncc1F)CC2. The number of rotatable bonds is 5. The number of carboxylic acid groups (broad SMARTS) is 1. The summed E-state index contributed by atoms with van der Waals surface area (Å²) < 4.78 is 33.5. The number of carbonyl (C=O) groups is 1. The highest BCUT2D eigenvalue weighted by molar-refractivity contribution is 6.30. The van der Waals surface area contributed by atoms with Gasteiger partial charge in [0.25, 0.3) is 0 Å². The largest absolute Gasteiger partial charge is 0.481 e. The fraction of sp³-hybridized carbons (Fsp3) is 0.421. The molecule has 1 aliphatic carbocycles. The van der Waals surface area contributed by atoms with Crippen LogP contribution in [0.15, 0.2) is 24.4 Å². The molecule has 1 aromatic carbocycles. The Bertz CT molecular complexity index is 922. The molecule has 2 fully saturated rings. The van der Waals surface area contributed by atoms with E-state index < -0.39 is 17.6 Å². The molecule has 4 rings (SSSR count). The first kappa shape index (κ1) is 21.2. The summed E-state index contributed by atoms with van der Waals surface area (Å²) in [6, 6.07) is 4.18. The summed E-state index contributed by atoms with van der Waals surface area (Å²) in [6.45, 7) is 0.920. The minimum Gasteiger partial charge on any atom is -0.481 e. The Labute approximate surface area is 171 Å². The van der Waals surface area contributed by atoms with E-state index in [1.54, 1.807) is 11.0 Å². The van der Waals surface area contributed by atoms with Crippen molar-refractivity contribution in [2.24, 2.45) is 11.3 Å². The molecule has 1 unspecified atom stereocenters. The van der Waals surface area contributed by atoms with Crippen molar-refractivity contribution in [3.05, 3.63) is 46.6 Å². The molecule has 1 saturated heterocycles. The maximum atomic E-state index is 14.2. The maximum absolute atomic E-state index is 14.2. The van der Waals surface area contributed by atoms with Crippen molar-refractivity contribution < 1.29 is 23.4 Å². The van der Waals surface area contributed by atoms with Crippen molar-refractivity contribution in [2.45, 2.75) is 25.9 Å².